The molecule has 0 unspecified atom stereocenters. The van der Waals surface area contributed by atoms with Crippen LogP contribution in [0.4, 0.5) is 0 Å². The van der Waals surface area contributed by atoms with Gasteiger partial charge >= 0.3 is 0 Å². The van der Waals surface area contributed by atoms with E-state index in [4.69, 9.17) is 12.1 Å². The van der Waals surface area contributed by atoms with E-state index in [2.05, 4.69) is 29.2 Å². The van der Waals surface area contributed by atoms with Crippen LogP contribution in [0.5, 0.6) is 0 Å². The number of rotatable bonds is 1. The van der Waals surface area contributed by atoms with Crippen LogP contribution in [0.25, 0.3) is 54.5 Å². The molecule has 0 fully saturated rings. The summed E-state index contributed by atoms with van der Waals surface area (Å²) in [5.74, 6) is 0. The van der Waals surface area contributed by atoms with Crippen LogP contribution in [0.3, 0.4) is 0 Å². The van der Waals surface area contributed by atoms with Gasteiger partial charge in [-0.2, -0.15) is 0 Å². The van der Waals surface area contributed by atoms with Crippen molar-refractivity contribution >= 4 is 54.5 Å². The Balaban J connectivity index is 1.95. The number of nitrogens with zero attached hydrogens (tertiary/aromatic N) is 2. The molecular formula is C28H24N2O. The van der Waals surface area contributed by atoms with E-state index in [1.165, 1.54) is 0 Å². The summed E-state index contributed by atoms with van der Waals surface area (Å²) in [4.78, 5) is 9.38. The normalized spacial score (nSPS) is 14.1. The van der Waals surface area contributed by atoms with E-state index >= 15 is 0 Å². The molecule has 152 valence electrons. The topological polar surface area (TPSA) is 38.9 Å². The molecule has 0 atom stereocenters. The number of pyridine rings is 2. The maximum Gasteiger partial charge on any atom is 0.227 e. The second kappa shape index (κ2) is 6.27. The first-order valence-corrected chi connectivity index (χ1v) is 10.6. The van der Waals surface area contributed by atoms with Crippen molar-refractivity contribution in [2.45, 2.75) is 34.1 Å². The van der Waals surface area contributed by atoms with Crippen LogP contribution in [0.15, 0.2) is 65.2 Å². The molecule has 3 heteroatoms. The summed E-state index contributed by atoms with van der Waals surface area (Å²) in [6, 6.07) is 18.3. The van der Waals surface area contributed by atoms with Crippen LogP contribution in [-0.2, 0) is 6.37 Å². The van der Waals surface area contributed by atoms with Crippen molar-refractivity contribution in [1.29, 1.82) is 0 Å². The van der Waals surface area contributed by atoms with Gasteiger partial charge in [-0.05, 0) is 59.3 Å². The maximum atomic E-state index is 9.12. The molecule has 3 aromatic heterocycles. The van der Waals surface area contributed by atoms with Crippen LogP contribution in [0.2, 0.25) is 0 Å². The predicted octanol–water partition coefficient (Wildman–Crippen LogP) is 7.73. The number of furan rings is 1. The zero-order valence-electron chi connectivity index (χ0n) is 20.1. The van der Waals surface area contributed by atoms with E-state index in [0.717, 1.165) is 54.5 Å². The molecule has 0 saturated heterocycles. The third-order valence-electron chi connectivity index (χ3n) is 5.83. The summed E-state index contributed by atoms with van der Waals surface area (Å²) >= 11 is 0. The Morgan fingerprint density at radius 1 is 0.839 bits per heavy atom. The minimum atomic E-state index is -1.59. The molecule has 0 bridgehead atoms. The van der Waals surface area contributed by atoms with Gasteiger partial charge in [-0.1, -0.05) is 51.1 Å². The number of hydrogen-bond acceptors (Lipinski definition) is 3. The van der Waals surface area contributed by atoms with E-state index in [9.17, 15) is 0 Å². The van der Waals surface area contributed by atoms with Gasteiger partial charge in [0.05, 0.1) is 5.52 Å². The van der Waals surface area contributed by atoms with Crippen molar-refractivity contribution in [1.82, 2.24) is 9.97 Å². The van der Waals surface area contributed by atoms with Gasteiger partial charge in [0.2, 0.25) is 5.71 Å². The van der Waals surface area contributed by atoms with Gasteiger partial charge < -0.3 is 4.42 Å². The first-order valence-electron chi connectivity index (χ1n) is 11.6. The van der Waals surface area contributed by atoms with Crippen LogP contribution in [-0.4, -0.2) is 9.97 Å². The molecule has 3 heterocycles. The monoisotopic (exact) mass is 406 g/mol. The van der Waals surface area contributed by atoms with Gasteiger partial charge in [-0.3, -0.25) is 4.98 Å². The highest BCUT2D eigenvalue weighted by molar-refractivity contribution is 6.32. The quantitative estimate of drug-likeness (QED) is 0.262. The lowest BCUT2D eigenvalue weighted by molar-refractivity contribution is 0.412. The summed E-state index contributed by atoms with van der Waals surface area (Å²) < 4.78 is 24.6. The van der Waals surface area contributed by atoms with Crippen molar-refractivity contribution < 1.29 is 7.16 Å². The number of aromatic nitrogens is 2. The smallest absolute Gasteiger partial charge is 0.227 e. The highest BCUT2D eigenvalue weighted by Gasteiger charge is 2.21. The van der Waals surface area contributed by atoms with Crippen molar-refractivity contribution in [2.24, 2.45) is 5.41 Å². The summed E-state index contributed by atoms with van der Waals surface area (Å²) in [6.07, 6.45) is 0.135. The van der Waals surface area contributed by atoms with Gasteiger partial charge in [0, 0.05) is 41.6 Å². The molecule has 0 saturated carbocycles. The van der Waals surface area contributed by atoms with E-state index in [1.54, 1.807) is 6.20 Å². The van der Waals surface area contributed by atoms with Gasteiger partial charge in [0.15, 0.2) is 0 Å². The van der Waals surface area contributed by atoms with E-state index in [0.29, 0.717) is 11.3 Å². The molecule has 0 radical (unpaired) electrons. The lowest BCUT2D eigenvalue weighted by Gasteiger charge is -2.20. The fourth-order valence-electron chi connectivity index (χ4n) is 4.64. The summed E-state index contributed by atoms with van der Waals surface area (Å²) in [6.45, 7) is 7.76. The maximum absolute atomic E-state index is 9.12. The minimum Gasteiger partial charge on any atom is -0.437 e. The van der Waals surface area contributed by atoms with Crippen molar-refractivity contribution in [3.05, 3.63) is 72.1 Å². The summed E-state index contributed by atoms with van der Waals surface area (Å²) in [5, 5.41) is 6.76. The molecule has 3 aromatic carbocycles. The molecule has 0 amide bonds. The highest BCUT2D eigenvalue weighted by atomic mass is 16.3. The molecule has 0 N–H and O–H groups in total. The fraction of sp³-hybridized carbons (Fsp3) is 0.214. The zero-order valence-corrected chi connectivity index (χ0v) is 18.1. The highest BCUT2D eigenvalue weighted by Crippen LogP contribution is 2.42. The van der Waals surface area contributed by atoms with Crippen molar-refractivity contribution in [3.63, 3.8) is 0 Å². The molecule has 31 heavy (non-hydrogen) atoms. The molecule has 0 spiro atoms. The average molecular weight is 407 g/mol. The van der Waals surface area contributed by atoms with Gasteiger partial charge in [-0.25, -0.2) is 4.98 Å². The molecule has 3 nitrogen and oxygen atoms in total. The number of benzene rings is 3. The fourth-order valence-corrected chi connectivity index (χ4v) is 4.64. The number of aryl methyl sites for hydroxylation is 1. The van der Waals surface area contributed by atoms with Gasteiger partial charge in [-0.15, -0.1) is 0 Å². The Kier molecular flexibility index (Phi) is 3.29. The van der Waals surface area contributed by atoms with E-state index in [1.807, 2.05) is 58.0 Å². The van der Waals surface area contributed by atoms with Crippen LogP contribution in [0.1, 0.15) is 34.8 Å². The SMILES string of the molecule is [2H]C([2H])(c1ccnc2c3ccccc3c3ccc4c5ccc(C)nc5oc4c3c12)C(C)(C)C. The van der Waals surface area contributed by atoms with Gasteiger partial charge in [0.25, 0.3) is 0 Å². The first kappa shape index (κ1) is 16.3. The Morgan fingerprint density at radius 3 is 2.39 bits per heavy atom. The Bertz CT molecular complexity index is 1740. The lowest BCUT2D eigenvalue weighted by atomic mass is 9.85. The second-order valence-electron chi connectivity index (χ2n) is 9.27. The first-order chi connectivity index (χ1) is 15.7. The Hall–Kier alpha value is -3.46. The number of fused-ring (bicyclic) bond motifs is 10. The third-order valence-corrected chi connectivity index (χ3v) is 5.83. The molecule has 0 aliphatic heterocycles. The van der Waals surface area contributed by atoms with Crippen LogP contribution >= 0.6 is 0 Å². The summed E-state index contributed by atoms with van der Waals surface area (Å²) in [7, 11) is 0. The zero-order chi connectivity index (χ0) is 23.1. The molecular weight excluding hydrogens is 380 g/mol. The van der Waals surface area contributed by atoms with Crippen molar-refractivity contribution in [3.8, 4) is 0 Å². The largest absolute Gasteiger partial charge is 0.437 e. The standard InChI is InChI=1S/C28H24N2O/c1-16-9-10-22-21-12-11-19-18-7-5-6-8-20(18)25-23(24(19)26(21)31-27(22)30-16)17(13-14-29-25)15-28(2,3)4/h5-14H,15H2,1-4H3/i15D2. The second-order valence-corrected chi connectivity index (χ2v) is 9.27. The predicted molar refractivity (Wildman–Crippen MR) is 130 cm³/mol. The van der Waals surface area contributed by atoms with Gasteiger partial charge in [0.1, 0.15) is 5.58 Å². The Morgan fingerprint density at radius 2 is 1.58 bits per heavy atom. The molecule has 6 rings (SSSR count). The lowest BCUT2D eigenvalue weighted by Crippen LogP contribution is -2.09. The average Bonchev–Trinajstić information content (AvgIpc) is 3.15. The van der Waals surface area contributed by atoms with Crippen LogP contribution in [0, 0.1) is 12.3 Å². The van der Waals surface area contributed by atoms with E-state index in [-0.39, 0.29) is 0 Å². The Labute approximate surface area is 183 Å². The van der Waals surface area contributed by atoms with Crippen molar-refractivity contribution in [2.75, 3.05) is 0 Å². The molecule has 6 aromatic rings. The molecule has 0 aliphatic carbocycles. The third kappa shape index (κ3) is 2.73. The summed E-state index contributed by atoms with van der Waals surface area (Å²) in [5.41, 5.74) is 3.04. The molecule has 0 aliphatic rings. The minimum absolute atomic E-state index is 0.600. The van der Waals surface area contributed by atoms with E-state index < -0.39 is 11.8 Å². The number of hydrogen-bond donors (Lipinski definition) is 0. The van der Waals surface area contributed by atoms with Crippen LogP contribution < -0.4 is 0 Å².